The van der Waals surface area contributed by atoms with Gasteiger partial charge in [-0.1, -0.05) is 64.1 Å². The summed E-state index contributed by atoms with van der Waals surface area (Å²) in [7, 11) is 0. The molecule has 3 nitrogen and oxygen atoms in total. The van der Waals surface area contributed by atoms with Gasteiger partial charge in [0, 0.05) is 34.9 Å². The summed E-state index contributed by atoms with van der Waals surface area (Å²) in [5.41, 5.74) is 3.42. The number of benzene rings is 1. The maximum absolute atomic E-state index is 12.1. The molecule has 0 spiro atoms. The third kappa shape index (κ3) is 6.98. The van der Waals surface area contributed by atoms with E-state index in [9.17, 15) is 4.79 Å². The average Bonchev–Trinajstić information content (AvgIpc) is 2.71. The van der Waals surface area contributed by atoms with Crippen molar-refractivity contribution >= 4 is 5.78 Å². The van der Waals surface area contributed by atoms with Gasteiger partial charge in [0.15, 0.2) is 5.78 Å². The molecule has 0 N–H and O–H groups in total. The molecule has 0 saturated heterocycles. The quantitative estimate of drug-likeness (QED) is 0.557. The van der Waals surface area contributed by atoms with Crippen LogP contribution in [0.25, 0.3) is 0 Å². The van der Waals surface area contributed by atoms with Gasteiger partial charge in [-0.05, 0) is 37.1 Å². The van der Waals surface area contributed by atoms with E-state index in [0.29, 0.717) is 17.0 Å². The van der Waals surface area contributed by atoms with E-state index in [-0.39, 0.29) is 5.78 Å². The molecule has 136 valence electrons. The summed E-state index contributed by atoms with van der Waals surface area (Å²) < 4.78 is 0. The summed E-state index contributed by atoms with van der Waals surface area (Å²) in [5.74, 6) is 0.407. The van der Waals surface area contributed by atoms with Gasteiger partial charge >= 0.3 is 0 Å². The molecule has 1 aromatic carbocycles. The van der Waals surface area contributed by atoms with E-state index < -0.39 is 0 Å². The lowest BCUT2D eigenvalue weighted by atomic mass is 10.0. The second kappa shape index (κ2) is 11.7. The number of rotatable bonds is 3. The van der Waals surface area contributed by atoms with E-state index >= 15 is 0 Å². The molecular formula is C23H28N2O. The Kier molecular flexibility index (Phi) is 9.55. The van der Waals surface area contributed by atoms with Crippen molar-refractivity contribution in [2.75, 3.05) is 0 Å². The average molecular weight is 348 g/mol. The van der Waals surface area contributed by atoms with Crippen molar-refractivity contribution in [3.05, 3.63) is 95.6 Å². The minimum Gasteiger partial charge on any atom is -0.289 e. The van der Waals surface area contributed by atoms with E-state index in [4.69, 9.17) is 0 Å². The summed E-state index contributed by atoms with van der Waals surface area (Å²) in [4.78, 5) is 20.4. The topological polar surface area (TPSA) is 42.9 Å². The molecule has 0 unspecified atom stereocenters. The summed E-state index contributed by atoms with van der Waals surface area (Å²) in [6.45, 7) is 10.1. The fourth-order valence-corrected chi connectivity index (χ4v) is 2.09. The van der Waals surface area contributed by atoms with Crippen molar-refractivity contribution in [2.45, 2.75) is 40.5 Å². The van der Waals surface area contributed by atoms with Gasteiger partial charge in [0.25, 0.3) is 0 Å². The third-order valence-corrected chi connectivity index (χ3v) is 3.49. The molecule has 0 aliphatic rings. The van der Waals surface area contributed by atoms with Gasteiger partial charge in [0.2, 0.25) is 0 Å². The number of nitrogens with zero attached hydrogens (tertiary/aromatic N) is 2. The Hall–Kier alpha value is -2.81. The second-order valence-corrected chi connectivity index (χ2v) is 5.79. The predicted octanol–water partition coefficient (Wildman–Crippen LogP) is 5.85. The van der Waals surface area contributed by atoms with Crippen LogP contribution in [0.15, 0.2) is 73.1 Å². The van der Waals surface area contributed by atoms with Gasteiger partial charge in [-0.3, -0.25) is 14.8 Å². The highest BCUT2D eigenvalue weighted by molar-refractivity contribution is 6.08. The summed E-state index contributed by atoms with van der Waals surface area (Å²) >= 11 is 0. The number of aromatic nitrogens is 2. The SMILES string of the molecule is CC.CC(C)c1ccc(C(=O)c2ccccc2)cn1.Cc1ccccn1. The Morgan fingerprint density at radius 1 is 0.808 bits per heavy atom. The second-order valence-electron chi connectivity index (χ2n) is 5.79. The predicted molar refractivity (Wildman–Crippen MR) is 109 cm³/mol. The minimum absolute atomic E-state index is 0.0217. The molecule has 2 aromatic heterocycles. The maximum Gasteiger partial charge on any atom is 0.194 e. The summed E-state index contributed by atoms with van der Waals surface area (Å²) in [6, 6.07) is 18.9. The van der Waals surface area contributed by atoms with E-state index in [1.54, 1.807) is 12.4 Å². The van der Waals surface area contributed by atoms with Crippen LogP contribution in [0.1, 0.15) is 60.9 Å². The van der Waals surface area contributed by atoms with Crippen LogP contribution in [0.4, 0.5) is 0 Å². The van der Waals surface area contributed by atoms with Crippen LogP contribution in [0.5, 0.6) is 0 Å². The van der Waals surface area contributed by atoms with Crippen molar-refractivity contribution in [1.29, 1.82) is 0 Å². The van der Waals surface area contributed by atoms with Gasteiger partial charge in [0.05, 0.1) is 0 Å². The molecule has 0 saturated carbocycles. The minimum atomic E-state index is 0.0217. The molecule has 26 heavy (non-hydrogen) atoms. The molecule has 0 aliphatic heterocycles. The zero-order chi connectivity index (χ0) is 19.4. The Balaban J connectivity index is 0.000000313. The van der Waals surface area contributed by atoms with Gasteiger partial charge in [-0.2, -0.15) is 0 Å². The van der Waals surface area contributed by atoms with Crippen molar-refractivity contribution < 1.29 is 4.79 Å². The van der Waals surface area contributed by atoms with Crippen LogP contribution in [-0.4, -0.2) is 15.8 Å². The molecular weight excluding hydrogens is 320 g/mol. The third-order valence-electron chi connectivity index (χ3n) is 3.49. The van der Waals surface area contributed by atoms with E-state index in [1.807, 2.05) is 81.4 Å². The van der Waals surface area contributed by atoms with Crippen molar-refractivity contribution in [1.82, 2.24) is 9.97 Å². The number of ketones is 1. The zero-order valence-corrected chi connectivity index (χ0v) is 16.3. The number of aryl methyl sites for hydroxylation is 1. The van der Waals surface area contributed by atoms with Crippen molar-refractivity contribution in [2.24, 2.45) is 0 Å². The first-order valence-corrected chi connectivity index (χ1v) is 9.01. The number of hydrogen-bond donors (Lipinski definition) is 0. The van der Waals surface area contributed by atoms with Crippen molar-refractivity contribution in [3.63, 3.8) is 0 Å². The maximum atomic E-state index is 12.1. The van der Waals surface area contributed by atoms with Gasteiger partial charge in [-0.25, -0.2) is 0 Å². The molecule has 0 fully saturated rings. The number of carbonyl (C=O) groups excluding carboxylic acids is 1. The first-order valence-electron chi connectivity index (χ1n) is 9.01. The molecule has 2 heterocycles. The summed E-state index contributed by atoms with van der Waals surface area (Å²) in [5, 5.41) is 0. The Bertz CT molecular complexity index is 751. The van der Waals surface area contributed by atoms with Crippen LogP contribution in [0, 0.1) is 6.92 Å². The number of carbonyl (C=O) groups is 1. The molecule has 0 amide bonds. The molecule has 3 heteroatoms. The number of pyridine rings is 2. The normalized spacial score (nSPS) is 9.46. The lowest BCUT2D eigenvalue weighted by Gasteiger charge is -2.05. The van der Waals surface area contributed by atoms with Crippen LogP contribution in [-0.2, 0) is 0 Å². The monoisotopic (exact) mass is 348 g/mol. The first kappa shape index (κ1) is 21.2. The van der Waals surface area contributed by atoms with E-state index in [0.717, 1.165) is 11.4 Å². The van der Waals surface area contributed by atoms with Crippen LogP contribution >= 0.6 is 0 Å². The molecule has 0 aliphatic carbocycles. The molecule has 0 atom stereocenters. The fraction of sp³-hybridized carbons (Fsp3) is 0.261. The first-order chi connectivity index (χ1) is 12.6. The molecule has 0 radical (unpaired) electrons. The van der Waals surface area contributed by atoms with E-state index in [1.165, 1.54) is 0 Å². The van der Waals surface area contributed by atoms with Crippen LogP contribution in [0.3, 0.4) is 0 Å². The molecule has 3 aromatic rings. The van der Waals surface area contributed by atoms with Gasteiger partial charge < -0.3 is 0 Å². The van der Waals surface area contributed by atoms with Crippen molar-refractivity contribution in [3.8, 4) is 0 Å². The zero-order valence-electron chi connectivity index (χ0n) is 16.3. The number of hydrogen-bond acceptors (Lipinski definition) is 3. The van der Waals surface area contributed by atoms with Crippen LogP contribution in [0.2, 0.25) is 0 Å². The summed E-state index contributed by atoms with van der Waals surface area (Å²) in [6.07, 6.45) is 3.44. The smallest absolute Gasteiger partial charge is 0.194 e. The highest BCUT2D eigenvalue weighted by Gasteiger charge is 2.09. The highest BCUT2D eigenvalue weighted by atomic mass is 16.1. The standard InChI is InChI=1S/C15H15NO.C6H7N.C2H6/c1-11(2)14-9-8-13(10-16-14)15(17)12-6-4-3-5-7-12;1-6-4-2-3-5-7-6;1-2/h3-11H,1-2H3;2-5H,1H3;1-2H3. The highest BCUT2D eigenvalue weighted by Crippen LogP contribution is 2.13. The van der Waals surface area contributed by atoms with Gasteiger partial charge in [0.1, 0.15) is 0 Å². The van der Waals surface area contributed by atoms with E-state index in [2.05, 4.69) is 23.8 Å². The molecule has 3 rings (SSSR count). The lowest BCUT2D eigenvalue weighted by molar-refractivity contribution is 0.103. The largest absolute Gasteiger partial charge is 0.289 e. The Morgan fingerprint density at radius 2 is 1.46 bits per heavy atom. The molecule has 0 bridgehead atoms. The lowest BCUT2D eigenvalue weighted by Crippen LogP contribution is -2.02. The van der Waals surface area contributed by atoms with Crippen LogP contribution < -0.4 is 0 Å². The fourth-order valence-electron chi connectivity index (χ4n) is 2.09. The van der Waals surface area contributed by atoms with Gasteiger partial charge in [-0.15, -0.1) is 0 Å². The Morgan fingerprint density at radius 3 is 1.88 bits per heavy atom. The Labute approximate surface area is 157 Å².